The molecule has 0 aromatic heterocycles. The van der Waals surface area contributed by atoms with E-state index in [1.54, 1.807) is 12.1 Å². The SMILES string of the molecule is CN(C)C1=NC(=O)/C(=C/c2ccc(Cl)cc2)S1. The number of thioether (sulfide) groups is 1. The molecule has 88 valence electrons. The minimum absolute atomic E-state index is 0.186. The van der Waals surface area contributed by atoms with Crippen molar-refractivity contribution in [2.75, 3.05) is 14.1 Å². The summed E-state index contributed by atoms with van der Waals surface area (Å²) in [7, 11) is 3.73. The predicted molar refractivity (Wildman–Crippen MR) is 73.1 cm³/mol. The largest absolute Gasteiger partial charge is 0.357 e. The van der Waals surface area contributed by atoms with Crippen molar-refractivity contribution < 1.29 is 4.79 Å². The third-order valence-electron chi connectivity index (χ3n) is 2.16. The summed E-state index contributed by atoms with van der Waals surface area (Å²) >= 11 is 7.18. The fourth-order valence-electron chi connectivity index (χ4n) is 1.30. The zero-order chi connectivity index (χ0) is 12.4. The molecule has 0 unspecified atom stereocenters. The van der Waals surface area contributed by atoms with Gasteiger partial charge in [0.1, 0.15) is 0 Å². The van der Waals surface area contributed by atoms with Crippen LogP contribution in [0.25, 0.3) is 6.08 Å². The van der Waals surface area contributed by atoms with E-state index in [1.807, 2.05) is 37.2 Å². The van der Waals surface area contributed by atoms with Gasteiger partial charge in [-0.3, -0.25) is 4.79 Å². The minimum atomic E-state index is -0.186. The summed E-state index contributed by atoms with van der Waals surface area (Å²) in [4.78, 5) is 18.0. The predicted octanol–water partition coefficient (Wildman–Crippen LogP) is 2.87. The highest BCUT2D eigenvalue weighted by molar-refractivity contribution is 8.18. The highest BCUT2D eigenvalue weighted by Gasteiger charge is 2.22. The minimum Gasteiger partial charge on any atom is -0.357 e. The van der Waals surface area contributed by atoms with Crippen LogP contribution in [-0.4, -0.2) is 30.1 Å². The average molecular weight is 267 g/mol. The third-order valence-corrected chi connectivity index (χ3v) is 3.56. The van der Waals surface area contributed by atoms with Crippen molar-refractivity contribution in [2.45, 2.75) is 0 Å². The fourth-order valence-corrected chi connectivity index (χ4v) is 2.26. The maximum absolute atomic E-state index is 11.6. The number of rotatable bonds is 1. The van der Waals surface area contributed by atoms with Gasteiger partial charge in [0.05, 0.1) is 4.91 Å². The van der Waals surface area contributed by atoms with E-state index in [-0.39, 0.29) is 5.91 Å². The molecule has 0 fully saturated rings. The molecule has 0 saturated carbocycles. The van der Waals surface area contributed by atoms with Crippen LogP contribution in [0.3, 0.4) is 0 Å². The summed E-state index contributed by atoms with van der Waals surface area (Å²) in [5.74, 6) is -0.186. The number of aliphatic imine (C=N–C) groups is 1. The van der Waals surface area contributed by atoms with E-state index in [0.717, 1.165) is 10.7 Å². The molecule has 0 spiro atoms. The molecular weight excluding hydrogens is 256 g/mol. The Morgan fingerprint density at radius 2 is 1.94 bits per heavy atom. The number of hydrogen-bond donors (Lipinski definition) is 0. The number of nitrogens with zero attached hydrogens (tertiary/aromatic N) is 2. The number of hydrogen-bond acceptors (Lipinski definition) is 3. The summed E-state index contributed by atoms with van der Waals surface area (Å²) in [6.45, 7) is 0. The standard InChI is InChI=1S/C12H11ClN2OS/c1-15(2)12-14-11(16)10(17-12)7-8-3-5-9(13)6-4-8/h3-7H,1-2H3/b10-7-. The van der Waals surface area contributed by atoms with E-state index in [4.69, 9.17) is 11.6 Å². The Labute approximate surface area is 109 Å². The Bertz CT molecular complexity index is 506. The Morgan fingerprint density at radius 1 is 1.29 bits per heavy atom. The van der Waals surface area contributed by atoms with E-state index in [1.165, 1.54) is 11.8 Å². The molecule has 3 nitrogen and oxygen atoms in total. The second-order valence-electron chi connectivity index (χ2n) is 3.76. The molecule has 0 saturated heterocycles. The van der Waals surface area contributed by atoms with Crippen LogP contribution in [0.2, 0.25) is 5.02 Å². The molecule has 1 aliphatic rings. The summed E-state index contributed by atoms with van der Waals surface area (Å²) in [6.07, 6.45) is 1.82. The first-order valence-electron chi connectivity index (χ1n) is 5.02. The van der Waals surface area contributed by atoms with Crippen LogP contribution in [0, 0.1) is 0 Å². The Balaban J connectivity index is 2.20. The maximum Gasteiger partial charge on any atom is 0.286 e. The third kappa shape index (κ3) is 2.90. The van der Waals surface area contributed by atoms with Gasteiger partial charge >= 0.3 is 0 Å². The molecule has 1 aromatic carbocycles. The first kappa shape index (κ1) is 12.2. The lowest BCUT2D eigenvalue weighted by molar-refractivity contribution is -0.113. The fraction of sp³-hybridized carbons (Fsp3) is 0.167. The number of benzene rings is 1. The molecule has 5 heteroatoms. The molecule has 0 N–H and O–H groups in total. The van der Waals surface area contributed by atoms with E-state index in [9.17, 15) is 4.79 Å². The zero-order valence-corrected chi connectivity index (χ0v) is 11.0. The van der Waals surface area contributed by atoms with Crippen molar-refractivity contribution in [3.8, 4) is 0 Å². The van der Waals surface area contributed by atoms with Gasteiger partial charge in [0.2, 0.25) is 0 Å². The van der Waals surface area contributed by atoms with Gasteiger partial charge in [0.15, 0.2) is 5.17 Å². The highest BCUT2D eigenvalue weighted by Crippen LogP contribution is 2.29. The van der Waals surface area contributed by atoms with E-state index >= 15 is 0 Å². The van der Waals surface area contributed by atoms with Gasteiger partial charge in [-0.2, -0.15) is 4.99 Å². The number of carbonyl (C=O) groups is 1. The van der Waals surface area contributed by atoms with Gasteiger partial charge in [-0.15, -0.1) is 0 Å². The van der Waals surface area contributed by atoms with Crippen molar-refractivity contribution in [1.82, 2.24) is 4.90 Å². The van der Waals surface area contributed by atoms with E-state index in [2.05, 4.69) is 4.99 Å². The van der Waals surface area contributed by atoms with Gasteiger partial charge in [0, 0.05) is 19.1 Å². The zero-order valence-electron chi connectivity index (χ0n) is 9.48. The summed E-state index contributed by atoms with van der Waals surface area (Å²) in [5.41, 5.74) is 0.945. The lowest BCUT2D eigenvalue weighted by atomic mass is 10.2. The second-order valence-corrected chi connectivity index (χ2v) is 5.20. The number of halogens is 1. The molecular formula is C12H11ClN2OS. The van der Waals surface area contributed by atoms with Crippen LogP contribution in [0.15, 0.2) is 34.2 Å². The molecule has 2 rings (SSSR count). The Kier molecular flexibility index (Phi) is 3.54. The topological polar surface area (TPSA) is 32.7 Å². The second kappa shape index (κ2) is 4.94. The molecule has 0 atom stereocenters. The summed E-state index contributed by atoms with van der Waals surface area (Å²) in [6, 6.07) is 7.34. The lowest BCUT2D eigenvalue weighted by Gasteiger charge is -2.08. The van der Waals surface area contributed by atoms with Crippen molar-refractivity contribution in [3.63, 3.8) is 0 Å². The van der Waals surface area contributed by atoms with Crippen LogP contribution >= 0.6 is 23.4 Å². The van der Waals surface area contributed by atoms with Crippen LogP contribution in [0.1, 0.15) is 5.56 Å². The first-order valence-corrected chi connectivity index (χ1v) is 6.21. The smallest absolute Gasteiger partial charge is 0.286 e. The maximum atomic E-state index is 11.6. The van der Waals surface area contributed by atoms with Gasteiger partial charge in [-0.05, 0) is 35.5 Å². The molecule has 1 amide bonds. The van der Waals surface area contributed by atoms with E-state index in [0.29, 0.717) is 9.93 Å². The van der Waals surface area contributed by atoms with Gasteiger partial charge in [-0.25, -0.2) is 0 Å². The number of amides is 1. The van der Waals surface area contributed by atoms with Gasteiger partial charge in [-0.1, -0.05) is 23.7 Å². The average Bonchev–Trinajstić information content (AvgIpc) is 2.64. The number of carbonyl (C=O) groups excluding carboxylic acids is 1. The van der Waals surface area contributed by atoms with Crippen molar-refractivity contribution in [3.05, 3.63) is 39.8 Å². The van der Waals surface area contributed by atoms with Crippen LogP contribution in [-0.2, 0) is 4.79 Å². The molecule has 1 heterocycles. The summed E-state index contributed by atoms with van der Waals surface area (Å²) < 4.78 is 0. The van der Waals surface area contributed by atoms with Gasteiger partial charge < -0.3 is 4.90 Å². The monoisotopic (exact) mass is 266 g/mol. The normalized spacial score (nSPS) is 17.5. The molecule has 17 heavy (non-hydrogen) atoms. The highest BCUT2D eigenvalue weighted by atomic mass is 35.5. The number of amidine groups is 1. The van der Waals surface area contributed by atoms with Crippen LogP contribution in [0.4, 0.5) is 0 Å². The van der Waals surface area contributed by atoms with Gasteiger partial charge in [0.25, 0.3) is 5.91 Å². The first-order chi connectivity index (χ1) is 8.06. The quantitative estimate of drug-likeness (QED) is 0.733. The Morgan fingerprint density at radius 3 is 2.47 bits per heavy atom. The summed E-state index contributed by atoms with van der Waals surface area (Å²) in [5, 5.41) is 1.40. The Hall–Kier alpha value is -1.26. The van der Waals surface area contributed by atoms with E-state index < -0.39 is 0 Å². The molecule has 1 aliphatic heterocycles. The molecule has 0 bridgehead atoms. The molecule has 1 aromatic rings. The molecule has 0 aliphatic carbocycles. The van der Waals surface area contributed by atoms with Crippen molar-refractivity contribution in [1.29, 1.82) is 0 Å². The van der Waals surface area contributed by atoms with Crippen LogP contribution < -0.4 is 0 Å². The lowest BCUT2D eigenvalue weighted by Crippen LogP contribution is -2.16. The van der Waals surface area contributed by atoms with Crippen molar-refractivity contribution >= 4 is 40.5 Å². The molecule has 0 radical (unpaired) electrons. The van der Waals surface area contributed by atoms with Crippen LogP contribution in [0.5, 0.6) is 0 Å². The van der Waals surface area contributed by atoms with Crippen molar-refractivity contribution in [2.24, 2.45) is 4.99 Å².